The summed E-state index contributed by atoms with van der Waals surface area (Å²) in [6.07, 6.45) is 0. The van der Waals surface area contributed by atoms with Crippen molar-refractivity contribution in [2.45, 2.75) is 19.3 Å². The van der Waals surface area contributed by atoms with Gasteiger partial charge in [-0.25, -0.2) is 19.9 Å². The van der Waals surface area contributed by atoms with Crippen LogP contribution >= 0.6 is 0 Å². The lowest BCUT2D eigenvalue weighted by atomic mass is 9.82. The topological polar surface area (TPSA) is 76.7 Å². The van der Waals surface area contributed by atoms with Crippen LogP contribution in [0.25, 0.3) is 188 Å². The molecule has 566 valence electrons. The molecule has 10 heteroatoms. The van der Waals surface area contributed by atoms with E-state index in [-0.39, 0.29) is 5.41 Å². The van der Waals surface area contributed by atoms with Gasteiger partial charge in [-0.05, 0) is 194 Å². The molecule has 6 aromatic heterocycles. The molecule has 24 aromatic rings. The van der Waals surface area contributed by atoms with Gasteiger partial charge in [-0.3, -0.25) is 17.9 Å². The molecular formula is C111H72N10. The average Bonchev–Trinajstić information content (AvgIpc) is 1.56. The Kier molecular flexibility index (Phi) is 14.9. The van der Waals surface area contributed by atoms with Crippen molar-refractivity contribution in [3.63, 3.8) is 0 Å². The highest BCUT2D eigenvalue weighted by molar-refractivity contribution is 6.24. The van der Waals surface area contributed by atoms with Crippen LogP contribution in [0.4, 0.5) is 34.1 Å². The molecule has 1 aliphatic carbocycles. The molecule has 0 atom stereocenters. The lowest BCUT2D eigenvalue weighted by Crippen LogP contribution is -2.16. The Morgan fingerprint density at radius 3 is 1.33 bits per heavy atom. The Bertz CT molecular complexity index is 8440. The second-order valence-corrected chi connectivity index (χ2v) is 32.5. The zero-order valence-corrected chi connectivity index (χ0v) is 66.1. The zero-order valence-electron chi connectivity index (χ0n) is 66.1. The smallest absolute Gasteiger partial charge is 0.221 e. The summed E-state index contributed by atoms with van der Waals surface area (Å²) in [5.41, 5.74) is 31.7. The van der Waals surface area contributed by atoms with Crippen molar-refractivity contribution < 1.29 is 0 Å². The van der Waals surface area contributed by atoms with Gasteiger partial charge in [-0.15, -0.1) is 0 Å². The normalized spacial score (nSPS) is 12.6. The van der Waals surface area contributed by atoms with E-state index in [9.17, 15) is 0 Å². The number of anilines is 6. The van der Waals surface area contributed by atoms with Crippen molar-refractivity contribution in [1.29, 1.82) is 0 Å². The van der Waals surface area contributed by atoms with Crippen LogP contribution in [0.3, 0.4) is 0 Å². The molecule has 0 unspecified atom stereocenters. The number of aromatic nitrogens is 8. The minimum atomic E-state index is -0.235. The molecule has 0 bridgehead atoms. The molecule has 0 amide bonds. The highest BCUT2D eigenvalue weighted by Gasteiger charge is 2.37. The van der Waals surface area contributed by atoms with Gasteiger partial charge in [0.25, 0.3) is 0 Å². The third-order valence-corrected chi connectivity index (χ3v) is 25.5. The molecule has 121 heavy (non-hydrogen) atoms. The van der Waals surface area contributed by atoms with E-state index in [1.165, 1.54) is 27.8 Å². The van der Waals surface area contributed by atoms with Crippen molar-refractivity contribution in [3.8, 4) is 67.5 Å². The van der Waals surface area contributed by atoms with Gasteiger partial charge in [0.2, 0.25) is 11.9 Å². The van der Waals surface area contributed by atoms with Gasteiger partial charge in [0.1, 0.15) is 11.3 Å². The summed E-state index contributed by atoms with van der Waals surface area (Å²) in [5.74, 6) is 1.55. The van der Waals surface area contributed by atoms with E-state index in [1.807, 2.05) is 0 Å². The predicted octanol–water partition coefficient (Wildman–Crippen LogP) is 28.8. The summed E-state index contributed by atoms with van der Waals surface area (Å²) in [6.45, 7) is 4.73. The molecular weight excluding hydrogens is 1470 g/mol. The van der Waals surface area contributed by atoms with E-state index < -0.39 is 0 Å². The number of hydrogen-bond acceptors (Lipinski definition) is 6. The van der Waals surface area contributed by atoms with Crippen LogP contribution in [0.2, 0.25) is 0 Å². The monoisotopic (exact) mass is 1540 g/mol. The summed E-state index contributed by atoms with van der Waals surface area (Å²) in [6, 6.07) is 146. The van der Waals surface area contributed by atoms with Crippen LogP contribution in [0.1, 0.15) is 25.0 Å². The number of rotatable bonds is 12. The Labute approximate surface area is 695 Å². The molecule has 10 nitrogen and oxygen atoms in total. The second kappa shape index (κ2) is 26.5. The molecule has 0 radical (unpaired) electrons. The van der Waals surface area contributed by atoms with Crippen LogP contribution in [0, 0.1) is 0 Å². The van der Waals surface area contributed by atoms with E-state index in [2.05, 4.69) is 442 Å². The maximum absolute atomic E-state index is 5.90. The SMILES string of the molecule is CC1(C)c2ccccc2-c2ccc(N(c3ccc(-c4cc5c6ccccc6n(-c6nc7ccccc7c7nc8ccccc8n67)c5c5ccccc45)cc3)c3cccc(-c4ccc5nc(-n6c7ccccc7c7cc(N(c8ccc(-c9ccccc9)cc8)c8ccccc8-c8ccccc8)c8ccccc8c76)n6c7ccccc7nc6c5c4)c3)cc21. The van der Waals surface area contributed by atoms with Crippen molar-refractivity contribution in [2.75, 3.05) is 9.80 Å². The largest absolute Gasteiger partial charge is 0.310 e. The van der Waals surface area contributed by atoms with Crippen molar-refractivity contribution in [1.82, 2.24) is 37.9 Å². The fourth-order valence-corrected chi connectivity index (χ4v) is 19.9. The maximum Gasteiger partial charge on any atom is 0.221 e. The third kappa shape index (κ3) is 10.4. The van der Waals surface area contributed by atoms with Crippen molar-refractivity contribution >= 4 is 154 Å². The maximum atomic E-state index is 5.90. The first kappa shape index (κ1) is 68.2. The first-order valence-corrected chi connectivity index (χ1v) is 41.4. The van der Waals surface area contributed by atoms with Crippen LogP contribution in [0.15, 0.2) is 400 Å². The summed E-state index contributed by atoms with van der Waals surface area (Å²) in [7, 11) is 0. The third-order valence-electron chi connectivity index (χ3n) is 25.5. The minimum absolute atomic E-state index is 0.235. The van der Waals surface area contributed by atoms with E-state index >= 15 is 0 Å². The number of imidazole rings is 2. The van der Waals surface area contributed by atoms with E-state index in [1.54, 1.807) is 0 Å². The van der Waals surface area contributed by atoms with Crippen molar-refractivity contribution in [3.05, 3.63) is 412 Å². The van der Waals surface area contributed by atoms with Gasteiger partial charge in [0.15, 0.2) is 0 Å². The first-order chi connectivity index (χ1) is 59.8. The number of fused-ring (bicyclic) bond motifs is 23. The highest BCUT2D eigenvalue weighted by Crippen LogP contribution is 2.53. The van der Waals surface area contributed by atoms with Crippen LogP contribution in [0.5, 0.6) is 0 Å². The van der Waals surface area contributed by atoms with Gasteiger partial charge < -0.3 is 9.80 Å². The molecule has 0 aliphatic heterocycles. The quantitative estimate of drug-likeness (QED) is 0.121. The minimum Gasteiger partial charge on any atom is -0.310 e. The molecule has 0 spiro atoms. The number of nitrogens with zero attached hydrogens (tertiary/aromatic N) is 10. The molecule has 18 aromatic carbocycles. The number of para-hydroxylation sites is 8. The van der Waals surface area contributed by atoms with Gasteiger partial charge in [-0.1, -0.05) is 287 Å². The Morgan fingerprint density at radius 1 is 0.223 bits per heavy atom. The van der Waals surface area contributed by atoms with E-state index in [0.29, 0.717) is 0 Å². The molecule has 6 heterocycles. The van der Waals surface area contributed by atoms with E-state index in [4.69, 9.17) is 19.9 Å². The van der Waals surface area contributed by atoms with Crippen LogP contribution < -0.4 is 9.80 Å². The first-order valence-electron chi connectivity index (χ1n) is 41.4. The fraction of sp³-hybridized carbons (Fsp3) is 0.0270. The molecule has 0 fully saturated rings. The van der Waals surface area contributed by atoms with Gasteiger partial charge in [0.05, 0.1) is 66.5 Å². The number of benzene rings is 18. The molecule has 0 saturated carbocycles. The fourth-order valence-electron chi connectivity index (χ4n) is 19.9. The molecule has 0 N–H and O–H groups in total. The summed E-state index contributed by atoms with van der Waals surface area (Å²) < 4.78 is 9.32. The van der Waals surface area contributed by atoms with Gasteiger partial charge in [0, 0.05) is 82.2 Å². The van der Waals surface area contributed by atoms with Crippen LogP contribution in [-0.2, 0) is 5.41 Å². The molecule has 25 rings (SSSR count). The zero-order chi connectivity index (χ0) is 79.7. The highest BCUT2D eigenvalue weighted by atomic mass is 15.2. The summed E-state index contributed by atoms with van der Waals surface area (Å²) in [4.78, 5) is 27.3. The molecule has 0 saturated heterocycles. The van der Waals surface area contributed by atoms with Gasteiger partial charge in [-0.2, -0.15) is 0 Å². The standard InChI is InChI=1S/C111H72N10/c1-111(2)93-43-18-13-36-81(93)82-62-61-78(66-94(82)111)116(75-59-54-72(55-60-75)89-67-90-84-38-16-23-48-100(84)118(105(90)86-40-11-9-35-80(86)89)109-114-95-44-19-14-42-88(95)107-112-97-45-20-25-50-102(97)120(107)109)77-33-27-32-73(64-77)74-56-63-96-92(65-74)108-113-98-46-21-26-51-103(98)121(108)110(115-96)119-101-49-24-17-39-85(101)91-68-104(83-37-10-12-41-87(83)106(91)119)117(76-57-52-70(53-58-76)69-28-5-3-6-29-69)99-47-22-15-34-79(99)71-30-7-4-8-31-71/h3-68H,1-2H3. The molecule has 1 aliphatic rings. The number of hydrogen-bond donors (Lipinski definition) is 0. The average molecular weight is 1550 g/mol. The Balaban J connectivity index is 0.640. The Morgan fingerprint density at radius 2 is 0.661 bits per heavy atom. The van der Waals surface area contributed by atoms with Crippen LogP contribution in [-0.4, -0.2) is 37.9 Å². The summed E-state index contributed by atoms with van der Waals surface area (Å²) in [5, 5.41) is 10.9. The second-order valence-electron chi connectivity index (χ2n) is 32.5. The van der Waals surface area contributed by atoms with E-state index in [0.717, 1.165) is 205 Å². The summed E-state index contributed by atoms with van der Waals surface area (Å²) >= 11 is 0. The lowest BCUT2D eigenvalue weighted by molar-refractivity contribution is 0.660. The lowest BCUT2D eigenvalue weighted by Gasteiger charge is -2.29. The Hall–Kier alpha value is -16.0. The van der Waals surface area contributed by atoms with Gasteiger partial charge >= 0.3 is 0 Å². The van der Waals surface area contributed by atoms with Crippen molar-refractivity contribution in [2.24, 2.45) is 0 Å². The predicted molar refractivity (Wildman–Crippen MR) is 502 cm³/mol.